The lowest BCUT2D eigenvalue weighted by Gasteiger charge is -2.37. The number of hydrogen-bond donors (Lipinski definition) is 0. The first-order valence-corrected chi connectivity index (χ1v) is 8.39. The third kappa shape index (κ3) is 3.54. The molecule has 0 spiro atoms. The molecule has 0 radical (unpaired) electrons. The molecule has 0 saturated carbocycles. The molecule has 0 N–H and O–H groups in total. The Morgan fingerprint density at radius 1 is 1.36 bits per heavy atom. The maximum atomic E-state index is 12.5. The van der Waals surface area contributed by atoms with Gasteiger partial charge in [-0.25, -0.2) is 4.98 Å². The van der Waals surface area contributed by atoms with Crippen LogP contribution >= 0.6 is 11.3 Å². The van der Waals surface area contributed by atoms with E-state index in [-0.39, 0.29) is 18.1 Å². The topological polar surface area (TPSA) is 42.4 Å². The Kier molecular flexibility index (Phi) is 4.55. The van der Waals surface area contributed by atoms with Crippen molar-refractivity contribution in [2.24, 2.45) is 0 Å². The summed E-state index contributed by atoms with van der Waals surface area (Å²) in [6.45, 7) is 5.23. The molecule has 3 rings (SSSR count). The van der Waals surface area contributed by atoms with Gasteiger partial charge in [0.25, 0.3) is 0 Å². The van der Waals surface area contributed by atoms with Crippen molar-refractivity contribution in [3.8, 4) is 0 Å². The molecular formula is C17H20N2O2S. The molecule has 0 aliphatic carbocycles. The second-order valence-electron chi connectivity index (χ2n) is 5.68. The van der Waals surface area contributed by atoms with E-state index < -0.39 is 0 Å². The van der Waals surface area contributed by atoms with E-state index >= 15 is 0 Å². The predicted octanol–water partition coefficient (Wildman–Crippen LogP) is 2.98. The molecule has 116 valence electrons. The molecule has 1 fully saturated rings. The number of carbonyl (C=O) groups is 1. The van der Waals surface area contributed by atoms with Crippen molar-refractivity contribution in [3.05, 3.63) is 52.0 Å². The number of nitrogens with zero attached hydrogens (tertiary/aromatic N) is 2. The number of ether oxygens (including phenoxy) is 1. The van der Waals surface area contributed by atoms with E-state index in [1.807, 2.05) is 42.3 Å². The number of amides is 1. The Balaban J connectivity index is 1.69. The Bertz CT molecular complexity index is 641. The Morgan fingerprint density at radius 3 is 2.82 bits per heavy atom. The first-order valence-electron chi connectivity index (χ1n) is 7.51. The highest BCUT2D eigenvalue weighted by Crippen LogP contribution is 2.25. The van der Waals surface area contributed by atoms with Crippen LogP contribution in [-0.4, -0.2) is 35.0 Å². The zero-order chi connectivity index (χ0) is 15.5. The van der Waals surface area contributed by atoms with Crippen molar-refractivity contribution >= 4 is 17.2 Å². The quantitative estimate of drug-likeness (QED) is 0.874. The lowest BCUT2D eigenvalue weighted by Crippen LogP contribution is -2.46. The van der Waals surface area contributed by atoms with Gasteiger partial charge in [0.2, 0.25) is 5.91 Å². The highest BCUT2D eigenvalue weighted by Gasteiger charge is 2.29. The number of carbonyl (C=O) groups excluding carboxylic acids is 1. The molecule has 2 aromatic rings. The van der Waals surface area contributed by atoms with E-state index in [9.17, 15) is 4.79 Å². The van der Waals surface area contributed by atoms with Crippen molar-refractivity contribution in [2.45, 2.75) is 32.5 Å². The number of morpholine rings is 1. The van der Waals surface area contributed by atoms with Crippen LogP contribution in [0.15, 0.2) is 35.7 Å². The zero-order valence-electron chi connectivity index (χ0n) is 12.9. The average Bonchev–Trinajstić information content (AvgIpc) is 2.92. The van der Waals surface area contributed by atoms with Gasteiger partial charge in [-0.1, -0.05) is 30.3 Å². The predicted molar refractivity (Wildman–Crippen MR) is 86.9 cm³/mol. The molecule has 1 saturated heterocycles. The third-order valence-corrected chi connectivity index (χ3v) is 4.61. The van der Waals surface area contributed by atoms with Gasteiger partial charge < -0.3 is 9.64 Å². The van der Waals surface area contributed by atoms with E-state index in [0.29, 0.717) is 19.5 Å². The van der Waals surface area contributed by atoms with E-state index in [2.05, 4.69) is 17.1 Å². The lowest BCUT2D eigenvalue weighted by atomic mass is 10.1. The Hall–Kier alpha value is -1.72. The minimum absolute atomic E-state index is 0.0417. The number of aryl methyl sites for hydroxylation is 1. The summed E-state index contributed by atoms with van der Waals surface area (Å²) >= 11 is 1.58. The average molecular weight is 316 g/mol. The van der Waals surface area contributed by atoms with Gasteiger partial charge >= 0.3 is 0 Å². The Morgan fingerprint density at radius 2 is 2.14 bits per heavy atom. The standard InChI is InChI=1S/C17H20N2O2S/c1-12-9-19(17(20)8-15-11-22-13(2)18-15)10-16(21-12)14-6-4-3-5-7-14/h3-7,11-12,16H,8-10H2,1-2H3/t12-,16+/m1/s1. The second kappa shape index (κ2) is 6.58. The van der Waals surface area contributed by atoms with Crippen LogP contribution in [-0.2, 0) is 16.0 Å². The van der Waals surface area contributed by atoms with E-state index in [0.717, 1.165) is 16.3 Å². The van der Waals surface area contributed by atoms with Crippen molar-refractivity contribution in [3.63, 3.8) is 0 Å². The summed E-state index contributed by atoms with van der Waals surface area (Å²) in [6, 6.07) is 10.1. The van der Waals surface area contributed by atoms with Gasteiger partial charge in [0.05, 0.1) is 29.8 Å². The van der Waals surface area contributed by atoms with Gasteiger partial charge in [-0.15, -0.1) is 11.3 Å². The van der Waals surface area contributed by atoms with Crippen molar-refractivity contribution in [1.29, 1.82) is 0 Å². The number of hydrogen-bond acceptors (Lipinski definition) is 4. The monoisotopic (exact) mass is 316 g/mol. The van der Waals surface area contributed by atoms with Gasteiger partial charge in [0.15, 0.2) is 0 Å². The van der Waals surface area contributed by atoms with Crippen LogP contribution in [0.2, 0.25) is 0 Å². The molecule has 1 aliphatic heterocycles. The molecular weight excluding hydrogens is 296 g/mol. The number of thiazole rings is 1. The maximum Gasteiger partial charge on any atom is 0.228 e. The van der Waals surface area contributed by atoms with Crippen molar-refractivity contribution in [1.82, 2.24) is 9.88 Å². The molecule has 1 aromatic carbocycles. The van der Waals surface area contributed by atoms with E-state index in [1.54, 1.807) is 11.3 Å². The highest BCUT2D eigenvalue weighted by molar-refractivity contribution is 7.09. The van der Waals surface area contributed by atoms with Gasteiger partial charge in [0, 0.05) is 11.9 Å². The van der Waals surface area contributed by atoms with E-state index in [4.69, 9.17) is 4.74 Å². The fraction of sp³-hybridized carbons (Fsp3) is 0.412. The Labute approximate surface area is 134 Å². The maximum absolute atomic E-state index is 12.5. The first kappa shape index (κ1) is 15.2. The summed E-state index contributed by atoms with van der Waals surface area (Å²) in [5.41, 5.74) is 1.99. The second-order valence-corrected chi connectivity index (χ2v) is 6.74. The summed E-state index contributed by atoms with van der Waals surface area (Å²) in [5.74, 6) is 0.126. The molecule has 2 atom stereocenters. The van der Waals surface area contributed by atoms with Gasteiger partial charge in [0.1, 0.15) is 6.10 Å². The molecule has 4 nitrogen and oxygen atoms in total. The van der Waals surface area contributed by atoms with Gasteiger partial charge in [-0.05, 0) is 19.4 Å². The van der Waals surface area contributed by atoms with Gasteiger partial charge in [-0.2, -0.15) is 0 Å². The smallest absolute Gasteiger partial charge is 0.228 e. The van der Waals surface area contributed by atoms with Crippen molar-refractivity contribution in [2.75, 3.05) is 13.1 Å². The zero-order valence-corrected chi connectivity index (χ0v) is 13.7. The molecule has 0 bridgehead atoms. The molecule has 1 aromatic heterocycles. The molecule has 1 amide bonds. The first-order chi connectivity index (χ1) is 10.6. The third-order valence-electron chi connectivity index (χ3n) is 3.78. The van der Waals surface area contributed by atoms with Crippen LogP contribution in [0.3, 0.4) is 0 Å². The molecule has 5 heteroatoms. The number of benzene rings is 1. The minimum Gasteiger partial charge on any atom is -0.367 e. The molecule has 1 aliphatic rings. The molecule has 0 unspecified atom stereocenters. The van der Waals surface area contributed by atoms with Crippen LogP contribution in [0.5, 0.6) is 0 Å². The number of aromatic nitrogens is 1. The normalized spacial score (nSPS) is 21.8. The van der Waals surface area contributed by atoms with Crippen LogP contribution < -0.4 is 0 Å². The largest absolute Gasteiger partial charge is 0.367 e. The summed E-state index contributed by atoms with van der Waals surface area (Å²) in [5, 5.41) is 2.96. The van der Waals surface area contributed by atoms with Gasteiger partial charge in [-0.3, -0.25) is 4.79 Å². The molecule has 22 heavy (non-hydrogen) atoms. The van der Waals surface area contributed by atoms with Crippen LogP contribution in [0, 0.1) is 6.92 Å². The van der Waals surface area contributed by atoms with E-state index in [1.165, 1.54) is 0 Å². The van der Waals surface area contributed by atoms with Crippen LogP contribution in [0.1, 0.15) is 29.3 Å². The summed E-state index contributed by atoms with van der Waals surface area (Å²) in [4.78, 5) is 18.8. The SMILES string of the molecule is Cc1nc(CC(=O)N2C[C@@H](C)O[C@H](c3ccccc3)C2)cs1. The van der Waals surface area contributed by atoms with Crippen molar-refractivity contribution < 1.29 is 9.53 Å². The van der Waals surface area contributed by atoms with Crippen LogP contribution in [0.25, 0.3) is 0 Å². The summed E-state index contributed by atoms with van der Waals surface area (Å²) in [6.07, 6.45) is 0.365. The lowest BCUT2D eigenvalue weighted by molar-refractivity contribution is -0.144. The summed E-state index contributed by atoms with van der Waals surface area (Å²) < 4.78 is 6.00. The summed E-state index contributed by atoms with van der Waals surface area (Å²) in [7, 11) is 0. The molecule has 2 heterocycles. The minimum atomic E-state index is -0.0499. The number of rotatable bonds is 3. The van der Waals surface area contributed by atoms with Crippen LogP contribution in [0.4, 0.5) is 0 Å². The fourth-order valence-electron chi connectivity index (χ4n) is 2.76. The highest BCUT2D eigenvalue weighted by atomic mass is 32.1. The fourth-order valence-corrected chi connectivity index (χ4v) is 3.38.